The largest absolute Gasteiger partial charge is 0.500 e. The monoisotopic (exact) mass is 467 g/mol. The number of fused-ring (bicyclic) bond motifs is 1. The van der Waals surface area contributed by atoms with E-state index >= 15 is 0 Å². The van der Waals surface area contributed by atoms with Crippen LogP contribution in [0.15, 0.2) is 40.3 Å². The smallest absolute Gasteiger partial charge is 0.246 e. The maximum Gasteiger partial charge on any atom is 0.246 e. The van der Waals surface area contributed by atoms with Gasteiger partial charge >= 0.3 is 0 Å². The highest BCUT2D eigenvalue weighted by Crippen LogP contribution is 2.31. The maximum atomic E-state index is 12.6. The first-order valence-corrected chi connectivity index (χ1v) is 10.8. The van der Waals surface area contributed by atoms with Crippen LogP contribution in [-0.4, -0.2) is 72.6 Å². The van der Waals surface area contributed by atoms with Gasteiger partial charge in [-0.05, 0) is 39.0 Å². The van der Waals surface area contributed by atoms with Gasteiger partial charge in [-0.1, -0.05) is 0 Å². The third-order valence-electron chi connectivity index (χ3n) is 5.07. The summed E-state index contributed by atoms with van der Waals surface area (Å²) in [7, 11) is 3.32. The summed E-state index contributed by atoms with van der Waals surface area (Å²) in [4.78, 5) is 36.0. The number of carbonyl (C=O) groups is 1. The van der Waals surface area contributed by atoms with Crippen molar-refractivity contribution in [3.63, 3.8) is 0 Å². The maximum absolute atomic E-state index is 12.6. The molecule has 0 radical (unpaired) electrons. The summed E-state index contributed by atoms with van der Waals surface area (Å²) in [6.45, 7) is 5.30. The van der Waals surface area contributed by atoms with Gasteiger partial charge in [0.15, 0.2) is 5.82 Å². The first kappa shape index (κ1) is 24.8. The third-order valence-corrected chi connectivity index (χ3v) is 5.07. The van der Waals surface area contributed by atoms with Crippen LogP contribution in [-0.2, 0) is 22.4 Å². The summed E-state index contributed by atoms with van der Waals surface area (Å²) in [6.07, 6.45) is 5.70. The average molecular weight is 468 g/mol. The molecule has 1 aliphatic rings. The molecule has 0 aromatic carbocycles. The topological polar surface area (TPSA) is 134 Å². The van der Waals surface area contributed by atoms with E-state index in [1.807, 2.05) is 0 Å². The van der Waals surface area contributed by atoms with Crippen molar-refractivity contribution < 1.29 is 19.4 Å². The van der Waals surface area contributed by atoms with Crippen LogP contribution < -0.4 is 15.0 Å². The molecule has 0 saturated heterocycles. The van der Waals surface area contributed by atoms with Crippen LogP contribution in [0.3, 0.4) is 0 Å². The Morgan fingerprint density at radius 2 is 2.21 bits per heavy atom. The molecule has 0 atom stereocenters. The van der Waals surface area contributed by atoms with E-state index in [0.717, 1.165) is 30.5 Å². The summed E-state index contributed by atoms with van der Waals surface area (Å²) >= 11 is 0. The number of aliphatic imine (C=N–C) groups is 2. The number of likely N-dealkylation sites (N-methyl/N-ethyl adjacent to an activating group) is 1. The zero-order valence-corrected chi connectivity index (χ0v) is 19.6. The number of guanidine groups is 1. The number of aryl methyl sites for hydroxylation is 1. The van der Waals surface area contributed by atoms with E-state index in [2.05, 4.69) is 27.0 Å². The highest BCUT2D eigenvalue weighted by Gasteiger charge is 2.23. The Kier molecular flexibility index (Phi) is 8.63. The van der Waals surface area contributed by atoms with Gasteiger partial charge in [-0.25, -0.2) is 20.0 Å². The van der Waals surface area contributed by atoms with E-state index in [-0.39, 0.29) is 31.6 Å². The Balaban J connectivity index is 1.82. The van der Waals surface area contributed by atoms with Crippen molar-refractivity contribution in [1.29, 1.82) is 0 Å². The van der Waals surface area contributed by atoms with Gasteiger partial charge in [0.05, 0.1) is 26.5 Å². The molecule has 0 spiro atoms. The predicted molar refractivity (Wildman–Crippen MR) is 129 cm³/mol. The molecule has 2 heterocycles. The van der Waals surface area contributed by atoms with Gasteiger partial charge in [-0.15, -0.1) is 0 Å². The number of nitrogens with one attached hydrogen (secondary N) is 1. The highest BCUT2D eigenvalue weighted by molar-refractivity contribution is 6.00. The minimum atomic E-state index is -0.318. The Morgan fingerprint density at radius 1 is 1.38 bits per heavy atom. The molecule has 0 bridgehead atoms. The molecule has 11 heteroatoms. The van der Waals surface area contributed by atoms with E-state index in [9.17, 15) is 4.79 Å². The third kappa shape index (κ3) is 6.35. The zero-order valence-electron chi connectivity index (χ0n) is 19.6. The van der Waals surface area contributed by atoms with E-state index < -0.39 is 0 Å². The lowest BCUT2D eigenvalue weighted by molar-refractivity contribution is -0.118. The number of methoxy groups -OCH3 is 1. The molecular weight excluding hydrogens is 438 g/mol. The predicted octanol–water partition coefficient (Wildman–Crippen LogP) is 1.52. The number of aliphatic hydroxyl groups is 1. The standard InChI is InChI=1S/C23H29N7O4/c1-15(33-4)13-26-23(24-2)28-20(32)14-30(3)22-17-6-5-7-18(17)27-21(29-22)19-12-16(8-9-25-19)34-11-10-31/h8-9,12-13,31H,2,5-7,10-11,14H2,1,3-4H3,(H,26,28,32)/b15-13+. The molecule has 2 N–H and O–H groups in total. The Bertz CT molecular complexity index is 1100. The minimum Gasteiger partial charge on any atom is -0.500 e. The highest BCUT2D eigenvalue weighted by atomic mass is 16.5. The van der Waals surface area contributed by atoms with Gasteiger partial charge in [0, 0.05) is 30.6 Å². The lowest BCUT2D eigenvalue weighted by atomic mass is 10.2. The number of hydrogen-bond acceptors (Lipinski definition) is 9. The fraction of sp³-hybridized carbons (Fsp3) is 0.391. The van der Waals surface area contributed by atoms with Crippen molar-refractivity contribution in [3.05, 3.63) is 41.5 Å². The van der Waals surface area contributed by atoms with Crippen LogP contribution in [0.4, 0.5) is 5.82 Å². The van der Waals surface area contributed by atoms with Crippen molar-refractivity contribution in [3.8, 4) is 17.3 Å². The van der Waals surface area contributed by atoms with Crippen molar-refractivity contribution in [1.82, 2.24) is 20.3 Å². The van der Waals surface area contributed by atoms with Crippen LogP contribution >= 0.6 is 0 Å². The Hall–Kier alpha value is -3.86. The number of ether oxygens (including phenoxy) is 2. The number of aliphatic hydroxyl groups excluding tert-OH is 1. The Morgan fingerprint density at radius 3 is 2.94 bits per heavy atom. The molecule has 34 heavy (non-hydrogen) atoms. The summed E-state index contributed by atoms with van der Waals surface area (Å²) in [6, 6.07) is 3.44. The number of rotatable bonds is 9. The second-order valence-corrected chi connectivity index (χ2v) is 7.56. The summed E-state index contributed by atoms with van der Waals surface area (Å²) in [5.74, 6) is 2.02. The molecule has 1 aliphatic carbocycles. The van der Waals surface area contributed by atoms with Gasteiger partial charge in [0.1, 0.15) is 29.6 Å². The molecule has 0 unspecified atom stereocenters. The van der Waals surface area contributed by atoms with Gasteiger partial charge in [0.25, 0.3) is 0 Å². The second kappa shape index (κ2) is 11.8. The number of hydrogen-bond donors (Lipinski definition) is 2. The van der Waals surface area contributed by atoms with Crippen LogP contribution in [0.1, 0.15) is 24.6 Å². The number of pyridine rings is 1. The number of nitrogens with zero attached hydrogens (tertiary/aromatic N) is 6. The molecule has 0 fully saturated rings. The van der Waals surface area contributed by atoms with E-state index in [4.69, 9.17) is 24.5 Å². The molecule has 0 saturated carbocycles. The fourth-order valence-electron chi connectivity index (χ4n) is 3.40. The number of anilines is 1. The molecule has 11 nitrogen and oxygen atoms in total. The average Bonchev–Trinajstić information content (AvgIpc) is 3.33. The summed E-state index contributed by atoms with van der Waals surface area (Å²) in [5, 5.41) is 11.6. The van der Waals surface area contributed by atoms with Crippen LogP contribution in [0, 0.1) is 0 Å². The van der Waals surface area contributed by atoms with Gasteiger partial charge in [-0.2, -0.15) is 0 Å². The first-order valence-electron chi connectivity index (χ1n) is 10.8. The van der Waals surface area contributed by atoms with Crippen molar-refractivity contribution in [2.45, 2.75) is 26.2 Å². The van der Waals surface area contributed by atoms with Gasteiger partial charge < -0.3 is 19.5 Å². The number of allylic oxidation sites excluding steroid dienone is 1. The number of aromatic nitrogens is 3. The van der Waals surface area contributed by atoms with Crippen molar-refractivity contribution >= 4 is 24.4 Å². The molecule has 180 valence electrons. The van der Waals surface area contributed by atoms with E-state index in [1.165, 1.54) is 13.3 Å². The molecule has 2 aromatic rings. The normalized spacial score (nSPS) is 13.3. The van der Waals surface area contributed by atoms with Crippen molar-refractivity contribution in [2.24, 2.45) is 9.98 Å². The lowest BCUT2D eigenvalue weighted by Gasteiger charge is -2.21. The van der Waals surface area contributed by atoms with Gasteiger partial charge in [0.2, 0.25) is 11.9 Å². The van der Waals surface area contributed by atoms with E-state index in [0.29, 0.717) is 28.8 Å². The summed E-state index contributed by atoms with van der Waals surface area (Å²) in [5.41, 5.74) is 2.53. The molecule has 2 aromatic heterocycles. The van der Waals surface area contributed by atoms with Crippen LogP contribution in [0.5, 0.6) is 5.75 Å². The van der Waals surface area contributed by atoms with Crippen LogP contribution in [0.25, 0.3) is 11.5 Å². The fourth-order valence-corrected chi connectivity index (χ4v) is 3.40. The zero-order chi connectivity index (χ0) is 24.5. The molecule has 0 aliphatic heterocycles. The van der Waals surface area contributed by atoms with Crippen LogP contribution in [0.2, 0.25) is 0 Å². The van der Waals surface area contributed by atoms with Gasteiger partial charge in [-0.3, -0.25) is 15.1 Å². The lowest BCUT2D eigenvalue weighted by Crippen LogP contribution is -2.38. The molecular formula is C23H29N7O4. The SMILES string of the molecule is C=NC(=N/C=C(\C)OC)NC(=O)CN(C)c1nc(-c2cc(OCCO)ccn2)nc2c1CCC2. The second-order valence-electron chi connectivity index (χ2n) is 7.56. The minimum absolute atomic E-state index is 0.0253. The first-order chi connectivity index (χ1) is 16.4. The number of carbonyl (C=O) groups excluding carboxylic acids is 1. The quantitative estimate of drug-likeness (QED) is 0.322. The number of amides is 1. The Labute approximate surface area is 198 Å². The van der Waals surface area contributed by atoms with E-state index in [1.54, 1.807) is 37.2 Å². The molecule has 3 rings (SSSR count). The summed E-state index contributed by atoms with van der Waals surface area (Å²) < 4.78 is 10.5. The van der Waals surface area contributed by atoms with Crippen molar-refractivity contribution in [2.75, 3.05) is 38.8 Å². The molecule has 1 amide bonds.